The summed E-state index contributed by atoms with van der Waals surface area (Å²) in [6, 6.07) is 6.20. The Morgan fingerprint density at radius 2 is 2.05 bits per heavy atom. The van der Waals surface area contributed by atoms with Crippen LogP contribution in [0.4, 0.5) is 0 Å². The molecule has 0 saturated carbocycles. The number of hydrogen-bond acceptors (Lipinski definition) is 2. The number of piperidine rings is 1. The largest absolute Gasteiger partial charge is 0.339 e. The van der Waals surface area contributed by atoms with E-state index < -0.39 is 0 Å². The molecule has 1 amide bonds. The van der Waals surface area contributed by atoms with Crippen LogP contribution in [0.5, 0.6) is 0 Å². The highest BCUT2D eigenvalue weighted by atomic mass is 127. The maximum Gasteiger partial charge on any atom is 0.254 e. The lowest BCUT2D eigenvalue weighted by Crippen LogP contribution is -2.43. The van der Waals surface area contributed by atoms with Gasteiger partial charge in [-0.15, -0.1) is 0 Å². The molecule has 2 fully saturated rings. The van der Waals surface area contributed by atoms with Crippen molar-refractivity contribution >= 4 is 40.1 Å². The molecule has 0 spiro atoms. The molecule has 2 heterocycles. The van der Waals surface area contributed by atoms with Gasteiger partial charge in [0, 0.05) is 27.7 Å². The number of amides is 1. The minimum absolute atomic E-state index is 0.125. The van der Waals surface area contributed by atoms with Crippen molar-refractivity contribution < 1.29 is 4.79 Å². The summed E-state index contributed by atoms with van der Waals surface area (Å²) < 4.78 is 0.974. The molecule has 1 aromatic rings. The van der Waals surface area contributed by atoms with Crippen molar-refractivity contribution in [3.63, 3.8) is 0 Å². The first kappa shape index (κ1) is 15.6. The predicted octanol–water partition coefficient (Wildman–Crippen LogP) is 3.55. The van der Waals surface area contributed by atoms with E-state index in [4.69, 9.17) is 11.6 Å². The molecule has 2 aliphatic rings. The maximum atomic E-state index is 12.6. The van der Waals surface area contributed by atoms with Gasteiger partial charge in [-0.25, -0.2) is 0 Å². The number of nitrogens with zero attached hydrogens (tertiary/aromatic N) is 1. The number of carbonyl (C=O) groups is 1. The standard InChI is InChI=1S/C16H20ClIN2O/c17-12-3-4-14(18)13(10-12)16(21)20-8-5-11(6-9-20)15-2-1-7-19-15/h3-4,10-11,15,19H,1-2,5-9H2. The lowest BCUT2D eigenvalue weighted by molar-refractivity contribution is 0.0673. The molecular weight excluding hydrogens is 399 g/mol. The molecule has 3 rings (SSSR count). The zero-order valence-corrected chi connectivity index (χ0v) is 14.9. The van der Waals surface area contributed by atoms with Gasteiger partial charge in [-0.3, -0.25) is 4.79 Å². The van der Waals surface area contributed by atoms with E-state index in [1.165, 1.54) is 12.8 Å². The maximum absolute atomic E-state index is 12.6. The van der Waals surface area contributed by atoms with E-state index in [0.29, 0.717) is 11.1 Å². The third-order valence-electron chi connectivity index (χ3n) is 4.65. The number of rotatable bonds is 2. The van der Waals surface area contributed by atoms with Crippen molar-refractivity contribution in [3.05, 3.63) is 32.4 Å². The summed E-state index contributed by atoms with van der Waals surface area (Å²) in [5, 5.41) is 4.23. The van der Waals surface area contributed by atoms with Gasteiger partial charge in [0.2, 0.25) is 0 Å². The van der Waals surface area contributed by atoms with E-state index in [1.807, 2.05) is 17.0 Å². The fourth-order valence-corrected chi connectivity index (χ4v) is 4.19. The second-order valence-electron chi connectivity index (χ2n) is 5.96. The molecular formula is C16H20ClIN2O. The Labute approximate surface area is 144 Å². The molecule has 5 heteroatoms. The Hall–Kier alpha value is -0.330. The van der Waals surface area contributed by atoms with E-state index in [9.17, 15) is 4.79 Å². The summed E-state index contributed by atoms with van der Waals surface area (Å²) in [6.45, 7) is 2.89. The highest BCUT2D eigenvalue weighted by molar-refractivity contribution is 14.1. The molecule has 2 aliphatic heterocycles. The van der Waals surface area contributed by atoms with Crippen LogP contribution in [0.25, 0.3) is 0 Å². The van der Waals surface area contributed by atoms with Crippen molar-refractivity contribution in [2.75, 3.05) is 19.6 Å². The van der Waals surface area contributed by atoms with Crippen LogP contribution in [0.1, 0.15) is 36.0 Å². The summed E-state index contributed by atoms with van der Waals surface area (Å²) >= 11 is 8.23. The molecule has 1 unspecified atom stereocenters. The van der Waals surface area contributed by atoms with E-state index in [1.54, 1.807) is 6.07 Å². The van der Waals surface area contributed by atoms with E-state index in [-0.39, 0.29) is 5.91 Å². The van der Waals surface area contributed by atoms with Crippen molar-refractivity contribution in [2.45, 2.75) is 31.7 Å². The van der Waals surface area contributed by atoms with Gasteiger partial charge in [0.05, 0.1) is 5.56 Å². The second kappa shape index (κ2) is 6.84. The summed E-state index contributed by atoms with van der Waals surface area (Å²) in [5.74, 6) is 0.856. The summed E-state index contributed by atoms with van der Waals surface area (Å²) in [6.07, 6.45) is 4.82. The number of benzene rings is 1. The van der Waals surface area contributed by atoms with E-state index in [0.717, 1.165) is 47.5 Å². The molecule has 2 saturated heterocycles. The van der Waals surface area contributed by atoms with Gasteiger partial charge in [0.1, 0.15) is 0 Å². The highest BCUT2D eigenvalue weighted by Crippen LogP contribution is 2.27. The molecule has 0 aromatic heterocycles. The first-order valence-corrected chi connectivity index (χ1v) is 9.08. The first-order valence-electron chi connectivity index (χ1n) is 7.63. The Bertz CT molecular complexity index is 523. The number of likely N-dealkylation sites (tertiary alicyclic amines) is 1. The Balaban J connectivity index is 1.63. The summed E-state index contributed by atoms with van der Waals surface area (Å²) in [5.41, 5.74) is 0.737. The fraction of sp³-hybridized carbons (Fsp3) is 0.562. The molecule has 1 atom stereocenters. The Morgan fingerprint density at radius 3 is 2.71 bits per heavy atom. The Kier molecular flexibility index (Phi) is 5.07. The minimum atomic E-state index is 0.125. The second-order valence-corrected chi connectivity index (χ2v) is 7.56. The summed E-state index contributed by atoms with van der Waals surface area (Å²) in [4.78, 5) is 14.6. The van der Waals surface area contributed by atoms with Gasteiger partial charge in [-0.05, 0) is 78.9 Å². The number of hydrogen-bond donors (Lipinski definition) is 1. The van der Waals surface area contributed by atoms with Crippen molar-refractivity contribution in [2.24, 2.45) is 5.92 Å². The third-order valence-corrected chi connectivity index (χ3v) is 5.83. The zero-order chi connectivity index (χ0) is 14.8. The van der Waals surface area contributed by atoms with Crippen LogP contribution in [-0.4, -0.2) is 36.5 Å². The number of carbonyl (C=O) groups excluding carboxylic acids is 1. The van der Waals surface area contributed by atoms with Gasteiger partial charge >= 0.3 is 0 Å². The monoisotopic (exact) mass is 418 g/mol. The Morgan fingerprint density at radius 1 is 1.29 bits per heavy atom. The quantitative estimate of drug-likeness (QED) is 0.745. The van der Waals surface area contributed by atoms with Crippen molar-refractivity contribution in [1.82, 2.24) is 10.2 Å². The minimum Gasteiger partial charge on any atom is -0.339 e. The van der Waals surface area contributed by atoms with Crippen LogP contribution in [0.15, 0.2) is 18.2 Å². The molecule has 0 radical (unpaired) electrons. The summed E-state index contributed by atoms with van der Waals surface area (Å²) in [7, 11) is 0. The average Bonchev–Trinajstić information content (AvgIpc) is 3.03. The molecule has 114 valence electrons. The van der Waals surface area contributed by atoms with Crippen LogP contribution in [0.2, 0.25) is 5.02 Å². The molecule has 1 aromatic carbocycles. The molecule has 21 heavy (non-hydrogen) atoms. The van der Waals surface area contributed by atoms with Gasteiger partial charge in [0.25, 0.3) is 5.91 Å². The fourth-order valence-electron chi connectivity index (χ4n) is 3.45. The molecule has 3 nitrogen and oxygen atoms in total. The number of nitrogens with one attached hydrogen (secondary N) is 1. The van der Waals surface area contributed by atoms with Crippen molar-refractivity contribution in [1.29, 1.82) is 0 Å². The topological polar surface area (TPSA) is 32.3 Å². The molecule has 1 N–H and O–H groups in total. The van der Waals surface area contributed by atoms with Crippen molar-refractivity contribution in [3.8, 4) is 0 Å². The van der Waals surface area contributed by atoms with Crippen LogP contribution in [-0.2, 0) is 0 Å². The van der Waals surface area contributed by atoms with Gasteiger partial charge in [-0.1, -0.05) is 11.6 Å². The normalized spacial score (nSPS) is 23.5. The zero-order valence-electron chi connectivity index (χ0n) is 11.9. The predicted molar refractivity (Wildman–Crippen MR) is 93.8 cm³/mol. The highest BCUT2D eigenvalue weighted by Gasteiger charge is 2.30. The van der Waals surface area contributed by atoms with Gasteiger partial charge in [-0.2, -0.15) is 0 Å². The van der Waals surface area contributed by atoms with Crippen LogP contribution < -0.4 is 5.32 Å². The van der Waals surface area contributed by atoms with E-state index >= 15 is 0 Å². The van der Waals surface area contributed by atoms with Crippen LogP contribution >= 0.6 is 34.2 Å². The third kappa shape index (κ3) is 3.54. The van der Waals surface area contributed by atoms with Gasteiger partial charge in [0.15, 0.2) is 0 Å². The average molecular weight is 419 g/mol. The first-order chi connectivity index (χ1) is 10.1. The lowest BCUT2D eigenvalue weighted by atomic mass is 9.88. The lowest BCUT2D eigenvalue weighted by Gasteiger charge is -2.35. The van der Waals surface area contributed by atoms with Crippen LogP contribution in [0.3, 0.4) is 0 Å². The number of halogens is 2. The van der Waals surface area contributed by atoms with E-state index in [2.05, 4.69) is 27.9 Å². The van der Waals surface area contributed by atoms with Crippen LogP contribution in [0, 0.1) is 9.49 Å². The smallest absolute Gasteiger partial charge is 0.254 e. The van der Waals surface area contributed by atoms with Gasteiger partial charge < -0.3 is 10.2 Å². The SMILES string of the molecule is O=C(c1cc(Cl)ccc1I)N1CCC(C2CCCN2)CC1. The molecule has 0 bridgehead atoms. The molecule has 0 aliphatic carbocycles.